The molecule has 0 saturated carbocycles. The number of ether oxygens (including phenoxy) is 1. The average Bonchev–Trinajstić information content (AvgIpc) is 2.91. The van der Waals surface area contributed by atoms with Crippen LogP contribution in [0.1, 0.15) is 48.2 Å². The van der Waals surface area contributed by atoms with Crippen LogP contribution in [0.2, 0.25) is 0 Å². The van der Waals surface area contributed by atoms with Crippen molar-refractivity contribution in [2.24, 2.45) is 0 Å². The number of nitrogens with one attached hydrogen (secondary N) is 1. The second-order valence-corrected chi connectivity index (χ2v) is 6.19. The molecular formula is C17H19N3O2. The monoisotopic (exact) mass is 297 g/mol. The summed E-state index contributed by atoms with van der Waals surface area (Å²) >= 11 is 0. The number of imidazole rings is 1. The number of carbonyl (C=O) groups is 1. The van der Waals surface area contributed by atoms with Crippen molar-refractivity contribution in [3.05, 3.63) is 40.8 Å². The zero-order valence-corrected chi connectivity index (χ0v) is 13.4. The first-order valence-corrected chi connectivity index (χ1v) is 6.98. The Balaban J connectivity index is 2.64. The topological polar surface area (TPSA) is 78.8 Å². The molecule has 0 fully saturated rings. The minimum absolute atomic E-state index is 0.197. The number of aryl methyl sites for hydroxylation is 1. The third-order valence-corrected chi connectivity index (χ3v) is 3.45. The van der Waals surface area contributed by atoms with Gasteiger partial charge in [-0.3, -0.25) is 0 Å². The molecule has 5 nitrogen and oxygen atoms in total. The largest absolute Gasteiger partial charge is 0.465 e. The van der Waals surface area contributed by atoms with Crippen molar-refractivity contribution in [1.29, 1.82) is 5.26 Å². The van der Waals surface area contributed by atoms with E-state index in [1.807, 2.05) is 33.8 Å². The number of rotatable bonds is 2. The van der Waals surface area contributed by atoms with Crippen LogP contribution in [0.25, 0.3) is 11.3 Å². The van der Waals surface area contributed by atoms with Gasteiger partial charge in [0.2, 0.25) is 0 Å². The van der Waals surface area contributed by atoms with E-state index in [2.05, 4.69) is 16.0 Å². The molecule has 0 radical (unpaired) electrons. The van der Waals surface area contributed by atoms with Crippen molar-refractivity contribution in [2.75, 3.05) is 7.11 Å². The van der Waals surface area contributed by atoms with E-state index in [-0.39, 0.29) is 5.41 Å². The summed E-state index contributed by atoms with van der Waals surface area (Å²) in [5.41, 5.74) is 2.94. The molecule has 114 valence electrons. The Morgan fingerprint density at radius 3 is 2.59 bits per heavy atom. The van der Waals surface area contributed by atoms with Gasteiger partial charge >= 0.3 is 5.97 Å². The SMILES string of the molecule is COC(=O)c1ccc(C)c(-c2[nH]c(C(C)(C)C)nc2C#N)c1. The molecule has 2 aromatic rings. The second-order valence-electron chi connectivity index (χ2n) is 6.19. The molecular weight excluding hydrogens is 278 g/mol. The van der Waals surface area contributed by atoms with E-state index >= 15 is 0 Å². The van der Waals surface area contributed by atoms with Crippen molar-refractivity contribution in [3.63, 3.8) is 0 Å². The number of aromatic nitrogens is 2. The van der Waals surface area contributed by atoms with Gasteiger partial charge in [-0.25, -0.2) is 9.78 Å². The fraction of sp³-hybridized carbons (Fsp3) is 0.353. The summed E-state index contributed by atoms with van der Waals surface area (Å²) in [6.45, 7) is 7.99. The summed E-state index contributed by atoms with van der Waals surface area (Å²) in [6, 6.07) is 7.38. The van der Waals surface area contributed by atoms with Crippen LogP contribution in [-0.2, 0) is 10.2 Å². The van der Waals surface area contributed by atoms with Crippen LogP contribution in [0.4, 0.5) is 0 Å². The molecule has 0 saturated heterocycles. The molecule has 0 aliphatic carbocycles. The van der Waals surface area contributed by atoms with Crippen molar-refractivity contribution in [2.45, 2.75) is 33.1 Å². The minimum Gasteiger partial charge on any atom is -0.465 e. The molecule has 22 heavy (non-hydrogen) atoms. The highest BCUT2D eigenvalue weighted by atomic mass is 16.5. The van der Waals surface area contributed by atoms with E-state index in [1.165, 1.54) is 7.11 Å². The van der Waals surface area contributed by atoms with Crippen molar-refractivity contribution in [3.8, 4) is 17.3 Å². The highest BCUT2D eigenvalue weighted by Gasteiger charge is 2.22. The molecule has 0 unspecified atom stereocenters. The van der Waals surface area contributed by atoms with Crippen LogP contribution < -0.4 is 0 Å². The molecule has 5 heteroatoms. The molecule has 0 bridgehead atoms. The first kappa shape index (κ1) is 15.8. The summed E-state index contributed by atoms with van der Waals surface area (Å²) in [7, 11) is 1.34. The van der Waals surface area contributed by atoms with Gasteiger partial charge in [-0.05, 0) is 24.6 Å². The molecule has 0 aliphatic heterocycles. The molecule has 1 N–H and O–H groups in total. The lowest BCUT2D eigenvalue weighted by molar-refractivity contribution is 0.0601. The predicted molar refractivity (Wildman–Crippen MR) is 83.5 cm³/mol. The Bertz CT molecular complexity index is 761. The summed E-state index contributed by atoms with van der Waals surface area (Å²) < 4.78 is 4.75. The summed E-state index contributed by atoms with van der Waals surface area (Å²) in [5, 5.41) is 9.35. The van der Waals surface area contributed by atoms with Gasteiger partial charge in [-0.2, -0.15) is 5.26 Å². The van der Waals surface area contributed by atoms with Crippen LogP contribution in [0.15, 0.2) is 18.2 Å². The van der Waals surface area contributed by atoms with E-state index in [0.717, 1.165) is 17.0 Å². The van der Waals surface area contributed by atoms with Crippen LogP contribution in [-0.4, -0.2) is 23.0 Å². The average molecular weight is 297 g/mol. The van der Waals surface area contributed by atoms with Gasteiger partial charge in [0.25, 0.3) is 0 Å². The number of methoxy groups -OCH3 is 1. The van der Waals surface area contributed by atoms with E-state index in [1.54, 1.807) is 12.1 Å². The molecule has 0 atom stereocenters. The number of esters is 1. The normalized spacial score (nSPS) is 11.1. The van der Waals surface area contributed by atoms with Gasteiger partial charge in [0.15, 0.2) is 5.69 Å². The number of carbonyl (C=O) groups excluding carboxylic acids is 1. The number of benzene rings is 1. The standard InChI is InChI=1S/C17H19N3O2/c1-10-6-7-11(15(21)22-5)8-12(10)14-13(9-18)19-16(20-14)17(2,3)4/h6-8H,1-5H3,(H,19,20). The zero-order chi connectivity index (χ0) is 16.5. The predicted octanol–water partition coefficient (Wildman–Crippen LogP) is 3.34. The van der Waals surface area contributed by atoms with Crippen molar-refractivity contribution < 1.29 is 9.53 Å². The van der Waals surface area contributed by atoms with Gasteiger partial charge in [0.1, 0.15) is 11.9 Å². The van der Waals surface area contributed by atoms with Crippen LogP contribution >= 0.6 is 0 Å². The highest BCUT2D eigenvalue weighted by molar-refractivity contribution is 5.91. The molecule has 1 heterocycles. The van der Waals surface area contributed by atoms with Gasteiger partial charge in [0, 0.05) is 11.0 Å². The Kier molecular flexibility index (Phi) is 4.05. The Labute approximate surface area is 130 Å². The number of nitrogens with zero attached hydrogens (tertiary/aromatic N) is 2. The lowest BCUT2D eigenvalue weighted by Gasteiger charge is -2.14. The zero-order valence-electron chi connectivity index (χ0n) is 13.4. The number of hydrogen-bond donors (Lipinski definition) is 1. The summed E-state index contributed by atoms with van der Waals surface area (Å²) in [4.78, 5) is 19.3. The molecule has 0 aliphatic rings. The maximum Gasteiger partial charge on any atom is 0.337 e. The minimum atomic E-state index is -0.407. The number of hydrogen-bond acceptors (Lipinski definition) is 4. The fourth-order valence-electron chi connectivity index (χ4n) is 2.14. The molecule has 1 aromatic carbocycles. The third kappa shape index (κ3) is 2.86. The Hall–Kier alpha value is -2.61. The first-order valence-electron chi connectivity index (χ1n) is 6.98. The lowest BCUT2D eigenvalue weighted by Crippen LogP contribution is -2.13. The lowest BCUT2D eigenvalue weighted by atomic mass is 9.96. The second kappa shape index (κ2) is 5.64. The fourth-order valence-corrected chi connectivity index (χ4v) is 2.14. The first-order chi connectivity index (χ1) is 10.3. The van der Waals surface area contributed by atoms with E-state index < -0.39 is 5.97 Å². The Morgan fingerprint density at radius 1 is 1.36 bits per heavy atom. The van der Waals surface area contributed by atoms with E-state index in [9.17, 15) is 10.1 Å². The maximum atomic E-state index is 11.7. The maximum absolute atomic E-state index is 11.7. The number of H-pyrrole nitrogens is 1. The molecule has 0 amide bonds. The van der Waals surface area contributed by atoms with Crippen molar-refractivity contribution >= 4 is 5.97 Å². The molecule has 0 spiro atoms. The summed E-state index contributed by atoms with van der Waals surface area (Å²) in [6.07, 6.45) is 0. The third-order valence-electron chi connectivity index (χ3n) is 3.45. The highest BCUT2D eigenvalue weighted by Crippen LogP contribution is 2.29. The van der Waals surface area contributed by atoms with E-state index in [0.29, 0.717) is 17.0 Å². The van der Waals surface area contributed by atoms with Crippen LogP contribution in [0.3, 0.4) is 0 Å². The smallest absolute Gasteiger partial charge is 0.337 e. The number of aromatic amines is 1. The van der Waals surface area contributed by atoms with Gasteiger partial charge in [-0.1, -0.05) is 26.8 Å². The number of nitriles is 1. The molecule has 2 rings (SSSR count). The van der Waals surface area contributed by atoms with Crippen LogP contribution in [0.5, 0.6) is 0 Å². The quantitative estimate of drug-likeness (QED) is 0.862. The van der Waals surface area contributed by atoms with Gasteiger partial charge in [-0.15, -0.1) is 0 Å². The molecule has 1 aromatic heterocycles. The van der Waals surface area contributed by atoms with Crippen molar-refractivity contribution in [1.82, 2.24) is 9.97 Å². The Morgan fingerprint density at radius 2 is 2.05 bits per heavy atom. The van der Waals surface area contributed by atoms with Crippen LogP contribution in [0, 0.1) is 18.3 Å². The summed E-state index contributed by atoms with van der Waals surface area (Å²) in [5.74, 6) is 0.331. The van der Waals surface area contributed by atoms with Gasteiger partial charge in [0.05, 0.1) is 18.4 Å². The van der Waals surface area contributed by atoms with Gasteiger partial charge < -0.3 is 9.72 Å². The van der Waals surface area contributed by atoms with E-state index in [4.69, 9.17) is 4.74 Å².